The fourth-order valence-electron chi connectivity index (χ4n) is 3.09. The van der Waals surface area contributed by atoms with E-state index in [4.69, 9.17) is 0 Å². The maximum Gasteiger partial charge on any atom is 0.185 e. The number of hydrogen-bond donors (Lipinski definition) is 1. The maximum atomic E-state index is 13.8. The van der Waals surface area contributed by atoms with Crippen molar-refractivity contribution in [3.63, 3.8) is 0 Å². The van der Waals surface area contributed by atoms with E-state index in [9.17, 15) is 12.8 Å². The molecule has 0 amide bonds. The van der Waals surface area contributed by atoms with Crippen molar-refractivity contribution >= 4 is 9.84 Å². The van der Waals surface area contributed by atoms with Crippen molar-refractivity contribution in [2.24, 2.45) is 5.41 Å². The van der Waals surface area contributed by atoms with Gasteiger partial charge in [-0.3, -0.25) is 0 Å². The largest absolute Gasteiger partial charge is 0.315 e. The Morgan fingerprint density at radius 3 is 2.53 bits per heavy atom. The molecule has 1 aliphatic rings. The van der Waals surface area contributed by atoms with Gasteiger partial charge < -0.3 is 5.32 Å². The molecule has 1 saturated carbocycles. The Hall–Kier alpha value is -0.940. The normalized spacial score (nSPS) is 26.5. The number of nitrogens with one attached hydrogen (secondary N) is 1. The molecule has 1 N–H and O–H groups in total. The Labute approximate surface area is 114 Å². The highest BCUT2D eigenvalue weighted by molar-refractivity contribution is 7.92. The summed E-state index contributed by atoms with van der Waals surface area (Å²) in [6, 6.07) is 5.45. The van der Waals surface area contributed by atoms with Crippen LogP contribution in [-0.2, 0) is 9.84 Å². The van der Waals surface area contributed by atoms with Crippen LogP contribution in [0.3, 0.4) is 0 Å². The molecule has 2 rings (SSSR count). The topological polar surface area (TPSA) is 46.2 Å². The Morgan fingerprint density at radius 1 is 1.32 bits per heavy atom. The van der Waals surface area contributed by atoms with E-state index in [0.717, 1.165) is 6.42 Å². The summed E-state index contributed by atoms with van der Waals surface area (Å²) in [4.78, 5) is -0.182. The van der Waals surface area contributed by atoms with E-state index in [1.54, 1.807) is 13.1 Å². The monoisotopic (exact) mass is 285 g/mol. The van der Waals surface area contributed by atoms with Gasteiger partial charge in [0.15, 0.2) is 9.84 Å². The van der Waals surface area contributed by atoms with Crippen molar-refractivity contribution in [3.8, 4) is 0 Å². The number of hydrogen-bond acceptors (Lipinski definition) is 3. The fraction of sp³-hybridized carbons (Fsp3) is 0.571. The minimum absolute atomic E-state index is 0.0995. The number of halogens is 1. The van der Waals surface area contributed by atoms with E-state index >= 15 is 0 Å². The van der Waals surface area contributed by atoms with Gasteiger partial charge in [-0.05, 0) is 37.4 Å². The van der Waals surface area contributed by atoms with Crippen molar-refractivity contribution in [3.05, 3.63) is 30.1 Å². The molecule has 2 atom stereocenters. The molecule has 1 fully saturated rings. The molecule has 3 nitrogen and oxygen atoms in total. The van der Waals surface area contributed by atoms with Crippen LogP contribution in [0.1, 0.15) is 26.7 Å². The molecule has 0 radical (unpaired) electrons. The highest BCUT2D eigenvalue weighted by Crippen LogP contribution is 2.42. The molecule has 0 aromatic heterocycles. The highest BCUT2D eigenvalue weighted by atomic mass is 32.2. The summed E-state index contributed by atoms with van der Waals surface area (Å²) >= 11 is 0. The molecule has 1 aromatic carbocycles. The molecule has 2 unspecified atom stereocenters. The summed E-state index contributed by atoms with van der Waals surface area (Å²) < 4.78 is 39.0. The van der Waals surface area contributed by atoms with Gasteiger partial charge in [-0.2, -0.15) is 0 Å². The van der Waals surface area contributed by atoms with E-state index in [1.807, 2.05) is 13.8 Å². The van der Waals surface area contributed by atoms with Crippen LogP contribution in [0.5, 0.6) is 0 Å². The van der Waals surface area contributed by atoms with Gasteiger partial charge in [-0.15, -0.1) is 0 Å². The third kappa shape index (κ3) is 2.41. The zero-order chi connectivity index (χ0) is 14.3. The van der Waals surface area contributed by atoms with Gasteiger partial charge in [-0.1, -0.05) is 26.0 Å². The van der Waals surface area contributed by atoms with E-state index in [2.05, 4.69) is 5.32 Å². The smallest absolute Gasteiger partial charge is 0.185 e. The van der Waals surface area contributed by atoms with Crippen molar-refractivity contribution in [1.82, 2.24) is 5.32 Å². The van der Waals surface area contributed by atoms with Gasteiger partial charge >= 0.3 is 0 Å². The Morgan fingerprint density at radius 2 is 1.95 bits per heavy atom. The summed E-state index contributed by atoms with van der Waals surface area (Å²) in [7, 11) is -1.87. The second kappa shape index (κ2) is 4.87. The van der Waals surface area contributed by atoms with Crippen LogP contribution in [0, 0.1) is 11.2 Å². The minimum Gasteiger partial charge on any atom is -0.315 e. The molecule has 1 aliphatic carbocycles. The van der Waals surface area contributed by atoms with Gasteiger partial charge in [0, 0.05) is 6.04 Å². The quantitative estimate of drug-likeness (QED) is 0.927. The first-order valence-electron chi connectivity index (χ1n) is 6.46. The SMILES string of the molecule is CNC1C(S(=O)(=O)c2ccccc2F)CCC1(C)C. The number of sulfone groups is 1. The molecular weight excluding hydrogens is 265 g/mol. The second-order valence-electron chi connectivity index (χ2n) is 5.81. The predicted octanol–water partition coefficient (Wildman–Crippen LogP) is 2.38. The summed E-state index contributed by atoms with van der Waals surface area (Å²) in [6.07, 6.45) is 1.38. The number of benzene rings is 1. The van der Waals surface area contributed by atoms with Crippen LogP contribution in [0.2, 0.25) is 0 Å². The molecule has 0 saturated heterocycles. The molecule has 0 bridgehead atoms. The van der Waals surface area contributed by atoms with Crippen LogP contribution >= 0.6 is 0 Å². The van der Waals surface area contributed by atoms with Crippen molar-refractivity contribution < 1.29 is 12.8 Å². The lowest BCUT2D eigenvalue weighted by molar-refractivity contribution is 0.297. The Bertz CT molecular complexity index is 569. The van der Waals surface area contributed by atoms with Gasteiger partial charge in [0.2, 0.25) is 0 Å². The first kappa shape index (κ1) is 14.5. The molecule has 1 aromatic rings. The summed E-state index contributed by atoms with van der Waals surface area (Å²) in [5, 5.41) is 2.53. The van der Waals surface area contributed by atoms with Gasteiger partial charge in [0.05, 0.1) is 5.25 Å². The summed E-state index contributed by atoms with van der Waals surface area (Å²) in [5.74, 6) is -0.665. The van der Waals surface area contributed by atoms with Crippen LogP contribution in [0.15, 0.2) is 29.2 Å². The molecular formula is C14H20FNO2S. The van der Waals surface area contributed by atoms with E-state index < -0.39 is 20.9 Å². The van der Waals surface area contributed by atoms with Crippen LogP contribution < -0.4 is 5.32 Å². The first-order chi connectivity index (χ1) is 8.80. The third-order valence-corrected chi connectivity index (χ3v) is 6.39. The lowest BCUT2D eigenvalue weighted by Crippen LogP contribution is -2.45. The summed E-state index contributed by atoms with van der Waals surface area (Å²) in [5.41, 5.74) is -0.0995. The van der Waals surface area contributed by atoms with E-state index in [1.165, 1.54) is 18.2 Å². The Balaban J connectivity index is 2.44. The zero-order valence-corrected chi connectivity index (χ0v) is 12.3. The van der Waals surface area contributed by atoms with Crippen molar-refractivity contribution in [2.75, 3.05) is 7.05 Å². The van der Waals surface area contributed by atoms with Crippen LogP contribution in [0.4, 0.5) is 4.39 Å². The zero-order valence-electron chi connectivity index (χ0n) is 11.5. The molecule has 106 valence electrons. The Kier molecular flexibility index (Phi) is 3.71. The maximum absolute atomic E-state index is 13.8. The fourth-order valence-corrected chi connectivity index (χ4v) is 5.31. The van der Waals surface area contributed by atoms with Crippen LogP contribution in [0.25, 0.3) is 0 Å². The first-order valence-corrected chi connectivity index (χ1v) is 8.01. The highest BCUT2D eigenvalue weighted by Gasteiger charge is 2.48. The predicted molar refractivity (Wildman–Crippen MR) is 73.2 cm³/mol. The molecule has 19 heavy (non-hydrogen) atoms. The lowest BCUT2D eigenvalue weighted by Gasteiger charge is -2.30. The van der Waals surface area contributed by atoms with Crippen molar-refractivity contribution in [2.45, 2.75) is 42.9 Å². The second-order valence-corrected chi connectivity index (χ2v) is 7.94. The summed E-state index contributed by atoms with van der Waals surface area (Å²) in [6.45, 7) is 4.09. The van der Waals surface area contributed by atoms with Crippen molar-refractivity contribution in [1.29, 1.82) is 0 Å². The van der Waals surface area contributed by atoms with Gasteiger partial charge in [-0.25, -0.2) is 12.8 Å². The lowest BCUT2D eigenvalue weighted by atomic mass is 9.87. The third-order valence-electron chi connectivity index (χ3n) is 4.14. The van der Waals surface area contributed by atoms with Gasteiger partial charge in [0.25, 0.3) is 0 Å². The average Bonchev–Trinajstić information content (AvgIpc) is 2.65. The molecule has 0 spiro atoms. The van der Waals surface area contributed by atoms with E-state index in [-0.39, 0.29) is 16.4 Å². The minimum atomic E-state index is -3.64. The van der Waals surface area contributed by atoms with E-state index in [0.29, 0.717) is 6.42 Å². The molecule has 5 heteroatoms. The molecule has 0 heterocycles. The van der Waals surface area contributed by atoms with Crippen LogP contribution in [-0.4, -0.2) is 26.8 Å². The number of rotatable bonds is 3. The average molecular weight is 285 g/mol. The molecule has 0 aliphatic heterocycles. The van der Waals surface area contributed by atoms with Gasteiger partial charge in [0.1, 0.15) is 10.7 Å². The standard InChI is InChI=1S/C14H20FNO2S/c1-14(2)9-8-12(13(14)16-3)19(17,18)11-7-5-4-6-10(11)15/h4-7,12-13,16H,8-9H2,1-3H3.